The average Bonchev–Trinajstić information content (AvgIpc) is 2.42. The molecule has 1 unspecified atom stereocenters. The Hall–Kier alpha value is -1.67. The average molecular weight is 254 g/mol. The molecule has 0 amide bonds. The van der Waals surface area contributed by atoms with Gasteiger partial charge >= 0.3 is 0 Å². The van der Waals surface area contributed by atoms with Crippen molar-refractivity contribution in [2.24, 2.45) is 5.73 Å². The predicted molar refractivity (Wildman–Crippen MR) is 80.2 cm³/mol. The molecule has 0 aliphatic carbocycles. The molecule has 0 aliphatic heterocycles. The number of hydrogen-bond donors (Lipinski definition) is 1. The van der Waals surface area contributed by atoms with Gasteiger partial charge in [-0.2, -0.15) is 0 Å². The number of pyridine rings is 1. The van der Waals surface area contributed by atoms with Crippen molar-refractivity contribution in [1.82, 2.24) is 4.98 Å². The molecule has 2 rings (SSSR count). The molecule has 0 fully saturated rings. The Kier molecular flexibility index (Phi) is 4.33. The summed E-state index contributed by atoms with van der Waals surface area (Å²) < 4.78 is 0. The summed E-state index contributed by atoms with van der Waals surface area (Å²) in [6.07, 6.45) is 3.65. The topological polar surface area (TPSA) is 38.9 Å². The summed E-state index contributed by atoms with van der Waals surface area (Å²) in [4.78, 5) is 4.47. The van der Waals surface area contributed by atoms with Gasteiger partial charge in [-0.1, -0.05) is 36.8 Å². The van der Waals surface area contributed by atoms with E-state index in [2.05, 4.69) is 50.0 Å². The highest BCUT2D eigenvalue weighted by Crippen LogP contribution is 2.21. The number of benzene rings is 1. The zero-order valence-electron chi connectivity index (χ0n) is 12.0. The Balaban J connectivity index is 2.25. The molecule has 0 saturated carbocycles. The largest absolute Gasteiger partial charge is 0.322 e. The molecule has 0 radical (unpaired) electrons. The second-order valence-corrected chi connectivity index (χ2v) is 5.14. The van der Waals surface area contributed by atoms with Crippen LogP contribution in [0.25, 0.3) is 0 Å². The lowest BCUT2D eigenvalue weighted by Gasteiger charge is -2.16. The maximum Gasteiger partial charge on any atom is 0.0606 e. The summed E-state index contributed by atoms with van der Waals surface area (Å²) in [6, 6.07) is 10.6. The fraction of sp³-hybridized carbons (Fsp3) is 0.353. The maximum atomic E-state index is 6.36. The number of rotatable bonds is 4. The molecule has 0 saturated heterocycles. The third-order valence-corrected chi connectivity index (χ3v) is 3.60. The van der Waals surface area contributed by atoms with E-state index in [0.29, 0.717) is 0 Å². The zero-order valence-corrected chi connectivity index (χ0v) is 12.0. The summed E-state index contributed by atoms with van der Waals surface area (Å²) in [7, 11) is 0. The van der Waals surface area contributed by atoms with Crippen LogP contribution in [0.15, 0.2) is 36.5 Å². The Morgan fingerprint density at radius 1 is 1.16 bits per heavy atom. The van der Waals surface area contributed by atoms with Crippen LogP contribution in [0.3, 0.4) is 0 Å². The second kappa shape index (κ2) is 5.98. The van der Waals surface area contributed by atoms with Gasteiger partial charge in [0.1, 0.15) is 0 Å². The normalized spacial score (nSPS) is 12.4. The molecule has 2 N–H and O–H groups in total. The summed E-state index contributed by atoms with van der Waals surface area (Å²) >= 11 is 0. The van der Waals surface area contributed by atoms with E-state index in [4.69, 9.17) is 5.73 Å². The van der Waals surface area contributed by atoms with Gasteiger partial charge in [-0.05, 0) is 49.4 Å². The summed E-state index contributed by atoms with van der Waals surface area (Å²) in [6.45, 7) is 6.40. The molecule has 0 bridgehead atoms. The Bertz CT molecular complexity index is 561. The molecule has 0 spiro atoms. The highest BCUT2D eigenvalue weighted by molar-refractivity contribution is 5.33. The van der Waals surface area contributed by atoms with Crippen LogP contribution in [0.2, 0.25) is 0 Å². The Labute approximate surface area is 115 Å². The van der Waals surface area contributed by atoms with Crippen LogP contribution < -0.4 is 5.73 Å². The van der Waals surface area contributed by atoms with E-state index in [1.54, 1.807) is 0 Å². The minimum absolute atomic E-state index is 0.0309. The number of hydrogen-bond acceptors (Lipinski definition) is 2. The lowest BCUT2D eigenvalue weighted by atomic mass is 9.95. The van der Waals surface area contributed by atoms with E-state index in [1.807, 2.05) is 12.3 Å². The number of nitrogens with two attached hydrogens (primary N) is 1. The molecular formula is C17H22N2. The Morgan fingerprint density at radius 2 is 1.95 bits per heavy atom. The summed E-state index contributed by atoms with van der Waals surface area (Å²) in [5.41, 5.74) is 12.5. The number of nitrogens with zero attached hydrogens (tertiary/aromatic N) is 1. The first-order valence-corrected chi connectivity index (χ1v) is 6.87. The number of aromatic nitrogens is 1. The van der Waals surface area contributed by atoms with Crippen molar-refractivity contribution >= 4 is 0 Å². The first-order chi connectivity index (χ1) is 9.11. The van der Waals surface area contributed by atoms with Crippen molar-refractivity contribution in [1.29, 1.82) is 0 Å². The van der Waals surface area contributed by atoms with E-state index in [0.717, 1.165) is 18.5 Å². The molecule has 100 valence electrons. The molecule has 1 atom stereocenters. The molecule has 1 heterocycles. The first-order valence-electron chi connectivity index (χ1n) is 6.87. The van der Waals surface area contributed by atoms with Gasteiger partial charge in [0.15, 0.2) is 0 Å². The van der Waals surface area contributed by atoms with Crippen molar-refractivity contribution < 1.29 is 0 Å². The first kappa shape index (κ1) is 13.8. The third kappa shape index (κ3) is 3.21. The van der Waals surface area contributed by atoms with E-state index >= 15 is 0 Å². The lowest BCUT2D eigenvalue weighted by molar-refractivity contribution is 0.682. The van der Waals surface area contributed by atoms with Crippen molar-refractivity contribution in [2.75, 3.05) is 0 Å². The van der Waals surface area contributed by atoms with E-state index in [-0.39, 0.29) is 6.04 Å². The van der Waals surface area contributed by atoms with Crippen molar-refractivity contribution in [3.05, 3.63) is 64.5 Å². The van der Waals surface area contributed by atoms with Crippen LogP contribution in [0.4, 0.5) is 0 Å². The predicted octanol–water partition coefficient (Wildman–Crippen LogP) is 3.50. The van der Waals surface area contributed by atoms with Crippen LogP contribution in [-0.2, 0) is 12.8 Å². The Morgan fingerprint density at radius 3 is 2.68 bits per heavy atom. The number of aryl methyl sites for hydroxylation is 3. The smallest absolute Gasteiger partial charge is 0.0606 e. The minimum Gasteiger partial charge on any atom is -0.322 e. The fourth-order valence-electron chi connectivity index (χ4n) is 2.44. The highest BCUT2D eigenvalue weighted by Gasteiger charge is 2.13. The van der Waals surface area contributed by atoms with Crippen LogP contribution >= 0.6 is 0 Å². The van der Waals surface area contributed by atoms with Gasteiger partial charge in [0.05, 0.1) is 11.7 Å². The fourth-order valence-corrected chi connectivity index (χ4v) is 2.44. The van der Waals surface area contributed by atoms with Gasteiger partial charge in [-0.25, -0.2) is 0 Å². The van der Waals surface area contributed by atoms with Gasteiger partial charge in [-0.3, -0.25) is 4.98 Å². The van der Waals surface area contributed by atoms with Crippen molar-refractivity contribution in [3.63, 3.8) is 0 Å². The molecule has 1 aromatic carbocycles. The molecule has 19 heavy (non-hydrogen) atoms. The van der Waals surface area contributed by atoms with Crippen molar-refractivity contribution in [2.45, 2.75) is 39.7 Å². The third-order valence-electron chi connectivity index (χ3n) is 3.60. The second-order valence-electron chi connectivity index (χ2n) is 5.14. The zero-order chi connectivity index (χ0) is 13.8. The molecule has 2 aromatic rings. The molecule has 2 heteroatoms. The van der Waals surface area contributed by atoms with E-state index in [1.165, 1.54) is 22.3 Å². The SMILES string of the molecule is CCc1cccnc1C(N)Cc1cc(C)ccc1C. The summed E-state index contributed by atoms with van der Waals surface area (Å²) in [5, 5.41) is 0. The minimum atomic E-state index is -0.0309. The van der Waals surface area contributed by atoms with Gasteiger partial charge in [0.25, 0.3) is 0 Å². The molecule has 1 aromatic heterocycles. The van der Waals surface area contributed by atoms with Crippen LogP contribution in [0.5, 0.6) is 0 Å². The lowest BCUT2D eigenvalue weighted by Crippen LogP contribution is -2.17. The van der Waals surface area contributed by atoms with Crippen LogP contribution in [-0.4, -0.2) is 4.98 Å². The quantitative estimate of drug-likeness (QED) is 0.907. The standard InChI is InChI=1S/C17H22N2/c1-4-14-6-5-9-19-17(14)16(18)11-15-10-12(2)7-8-13(15)3/h5-10,16H,4,11,18H2,1-3H3. The maximum absolute atomic E-state index is 6.36. The summed E-state index contributed by atoms with van der Waals surface area (Å²) in [5.74, 6) is 0. The molecular weight excluding hydrogens is 232 g/mol. The van der Waals surface area contributed by atoms with Gasteiger partial charge in [0, 0.05) is 6.20 Å². The van der Waals surface area contributed by atoms with Gasteiger partial charge in [-0.15, -0.1) is 0 Å². The van der Waals surface area contributed by atoms with E-state index in [9.17, 15) is 0 Å². The van der Waals surface area contributed by atoms with E-state index < -0.39 is 0 Å². The monoisotopic (exact) mass is 254 g/mol. The van der Waals surface area contributed by atoms with Gasteiger partial charge < -0.3 is 5.73 Å². The highest BCUT2D eigenvalue weighted by atomic mass is 14.8. The van der Waals surface area contributed by atoms with Crippen LogP contribution in [0.1, 0.15) is 40.9 Å². The van der Waals surface area contributed by atoms with Crippen LogP contribution in [0, 0.1) is 13.8 Å². The molecule has 0 aliphatic rings. The van der Waals surface area contributed by atoms with Crippen molar-refractivity contribution in [3.8, 4) is 0 Å². The molecule has 2 nitrogen and oxygen atoms in total. The van der Waals surface area contributed by atoms with Gasteiger partial charge in [0.2, 0.25) is 0 Å².